The van der Waals surface area contributed by atoms with Crippen LogP contribution in [-0.4, -0.2) is 34.8 Å². The Balaban J connectivity index is 1.51. The molecule has 0 atom stereocenters. The maximum atomic E-state index is 6.20. The van der Waals surface area contributed by atoms with Gasteiger partial charge in [0.25, 0.3) is 0 Å². The normalized spacial score (nSPS) is 17.1. The second kappa shape index (κ2) is 6.65. The number of hydrogen-bond acceptors (Lipinski definition) is 4. The van der Waals surface area contributed by atoms with E-state index in [0.29, 0.717) is 6.54 Å². The predicted octanol–water partition coefficient (Wildman–Crippen LogP) is 3.40. The third-order valence-electron chi connectivity index (χ3n) is 5.42. The molecule has 1 saturated heterocycles. The van der Waals surface area contributed by atoms with Crippen molar-refractivity contribution in [3.63, 3.8) is 0 Å². The quantitative estimate of drug-likeness (QED) is 0.752. The molecule has 0 saturated carbocycles. The molecule has 1 fully saturated rings. The van der Waals surface area contributed by atoms with Crippen molar-refractivity contribution in [3.05, 3.63) is 53.3 Å². The summed E-state index contributed by atoms with van der Waals surface area (Å²) in [4.78, 5) is 6.75. The number of nitrogens with two attached hydrogens (primary N) is 1. The van der Waals surface area contributed by atoms with E-state index in [0.717, 1.165) is 48.4 Å². The van der Waals surface area contributed by atoms with Gasteiger partial charge in [-0.05, 0) is 55.0 Å². The van der Waals surface area contributed by atoms with Crippen molar-refractivity contribution in [3.8, 4) is 0 Å². The number of aromatic amines is 1. The molecule has 0 radical (unpaired) electrons. The Kier molecular flexibility index (Phi) is 4.36. The minimum absolute atomic E-state index is 0.160. The topological polar surface area (TPSA) is 70.8 Å². The molecule has 3 heterocycles. The summed E-state index contributed by atoms with van der Waals surface area (Å²) in [7, 11) is 0. The van der Waals surface area contributed by atoms with Crippen LogP contribution in [0.4, 0.5) is 5.69 Å². The fourth-order valence-electron chi connectivity index (χ4n) is 3.82. The van der Waals surface area contributed by atoms with Gasteiger partial charge in [0, 0.05) is 24.3 Å². The van der Waals surface area contributed by atoms with E-state index in [1.54, 1.807) is 0 Å². The van der Waals surface area contributed by atoms with Crippen LogP contribution in [-0.2, 0) is 6.42 Å². The monoisotopic (exact) mass is 355 g/mol. The van der Waals surface area contributed by atoms with Crippen LogP contribution in [0.2, 0.25) is 5.02 Å². The van der Waals surface area contributed by atoms with Gasteiger partial charge in [0.1, 0.15) is 0 Å². The highest BCUT2D eigenvalue weighted by molar-refractivity contribution is 6.30. The van der Waals surface area contributed by atoms with Gasteiger partial charge < -0.3 is 10.6 Å². The Morgan fingerprint density at radius 2 is 1.92 bits per heavy atom. The summed E-state index contributed by atoms with van der Waals surface area (Å²) >= 11 is 6.00. The van der Waals surface area contributed by atoms with Crippen LogP contribution in [0, 0.1) is 5.41 Å². The number of nitrogens with one attached hydrogen (secondary N) is 1. The average molecular weight is 356 g/mol. The van der Waals surface area contributed by atoms with E-state index in [2.05, 4.69) is 38.3 Å². The molecule has 6 heteroatoms. The standard InChI is InChI=1S/C19H22ClN5/c20-15-3-1-14(2-4-15)11-19(13-21)6-9-25(10-7-19)17-5-8-22-18-16(17)12-23-24-18/h1-5,8,12H,6-7,9-11,13,21H2,(H,22,23,24). The van der Waals surface area contributed by atoms with E-state index in [1.165, 1.54) is 11.3 Å². The maximum absolute atomic E-state index is 6.20. The molecule has 1 aliphatic heterocycles. The smallest absolute Gasteiger partial charge is 0.157 e. The van der Waals surface area contributed by atoms with Crippen molar-refractivity contribution in [2.45, 2.75) is 19.3 Å². The molecule has 0 bridgehead atoms. The average Bonchev–Trinajstić information content (AvgIpc) is 3.13. The number of rotatable bonds is 4. The van der Waals surface area contributed by atoms with Gasteiger partial charge >= 0.3 is 0 Å². The summed E-state index contributed by atoms with van der Waals surface area (Å²) < 4.78 is 0. The Morgan fingerprint density at radius 1 is 1.16 bits per heavy atom. The zero-order valence-corrected chi connectivity index (χ0v) is 14.8. The molecule has 0 aliphatic carbocycles. The Morgan fingerprint density at radius 3 is 2.64 bits per heavy atom. The number of fused-ring (bicyclic) bond motifs is 1. The van der Waals surface area contributed by atoms with Crippen molar-refractivity contribution < 1.29 is 0 Å². The maximum Gasteiger partial charge on any atom is 0.157 e. The summed E-state index contributed by atoms with van der Waals surface area (Å²) in [6.07, 6.45) is 6.86. The second-order valence-electron chi connectivity index (χ2n) is 6.96. The SMILES string of the molecule is NCC1(Cc2ccc(Cl)cc2)CCN(c2ccnc3[nH]ncc23)CC1. The highest BCUT2D eigenvalue weighted by Gasteiger charge is 2.34. The lowest BCUT2D eigenvalue weighted by molar-refractivity contribution is 0.226. The van der Waals surface area contributed by atoms with Crippen LogP contribution in [0.3, 0.4) is 0 Å². The van der Waals surface area contributed by atoms with Gasteiger partial charge in [-0.3, -0.25) is 5.10 Å². The van der Waals surface area contributed by atoms with Crippen molar-refractivity contribution in [2.24, 2.45) is 11.1 Å². The first-order chi connectivity index (χ1) is 12.2. The molecule has 1 aliphatic rings. The Labute approximate surface area is 152 Å². The highest BCUT2D eigenvalue weighted by atomic mass is 35.5. The number of piperidine rings is 1. The molecule has 0 unspecified atom stereocenters. The molecular formula is C19H22ClN5. The third-order valence-corrected chi connectivity index (χ3v) is 5.67. The van der Waals surface area contributed by atoms with Crippen LogP contribution >= 0.6 is 11.6 Å². The van der Waals surface area contributed by atoms with Crippen molar-refractivity contribution in [2.75, 3.05) is 24.5 Å². The first kappa shape index (κ1) is 16.4. The largest absolute Gasteiger partial charge is 0.371 e. The summed E-state index contributed by atoms with van der Waals surface area (Å²) in [5, 5.41) is 8.93. The molecule has 1 aromatic carbocycles. The van der Waals surface area contributed by atoms with E-state index in [-0.39, 0.29) is 5.41 Å². The van der Waals surface area contributed by atoms with Gasteiger partial charge in [-0.1, -0.05) is 23.7 Å². The van der Waals surface area contributed by atoms with Gasteiger partial charge in [0.15, 0.2) is 5.65 Å². The first-order valence-corrected chi connectivity index (χ1v) is 9.04. The number of halogens is 1. The van der Waals surface area contributed by atoms with E-state index in [4.69, 9.17) is 17.3 Å². The Hall–Kier alpha value is -2.11. The number of benzene rings is 1. The summed E-state index contributed by atoms with van der Waals surface area (Å²) in [6, 6.07) is 10.2. The lowest BCUT2D eigenvalue weighted by Crippen LogP contribution is -2.45. The number of pyridine rings is 1. The molecule has 3 N–H and O–H groups in total. The van der Waals surface area contributed by atoms with Gasteiger partial charge in [-0.15, -0.1) is 0 Å². The summed E-state index contributed by atoms with van der Waals surface area (Å²) in [5.74, 6) is 0. The van der Waals surface area contributed by atoms with Crippen molar-refractivity contribution >= 4 is 28.3 Å². The van der Waals surface area contributed by atoms with Crippen LogP contribution in [0.25, 0.3) is 11.0 Å². The van der Waals surface area contributed by atoms with Crippen LogP contribution < -0.4 is 10.6 Å². The lowest BCUT2D eigenvalue weighted by atomic mass is 9.73. The first-order valence-electron chi connectivity index (χ1n) is 8.67. The molecule has 130 valence electrons. The molecule has 25 heavy (non-hydrogen) atoms. The minimum atomic E-state index is 0.160. The van der Waals surface area contributed by atoms with Crippen LogP contribution in [0.1, 0.15) is 18.4 Å². The number of H-pyrrole nitrogens is 1. The predicted molar refractivity (Wildman–Crippen MR) is 102 cm³/mol. The zero-order valence-electron chi connectivity index (χ0n) is 14.1. The van der Waals surface area contributed by atoms with E-state index in [1.807, 2.05) is 24.5 Å². The molecule has 0 amide bonds. The van der Waals surface area contributed by atoms with Crippen LogP contribution in [0.5, 0.6) is 0 Å². The highest BCUT2D eigenvalue weighted by Crippen LogP contribution is 2.37. The van der Waals surface area contributed by atoms with Crippen molar-refractivity contribution in [1.82, 2.24) is 15.2 Å². The van der Waals surface area contributed by atoms with E-state index < -0.39 is 0 Å². The second-order valence-corrected chi connectivity index (χ2v) is 7.39. The lowest BCUT2D eigenvalue weighted by Gasteiger charge is -2.42. The summed E-state index contributed by atoms with van der Waals surface area (Å²) in [6.45, 7) is 2.70. The van der Waals surface area contributed by atoms with Gasteiger partial charge in [-0.2, -0.15) is 5.10 Å². The molecular weight excluding hydrogens is 334 g/mol. The third kappa shape index (κ3) is 3.22. The van der Waals surface area contributed by atoms with E-state index in [9.17, 15) is 0 Å². The Bertz CT molecular complexity index is 850. The van der Waals surface area contributed by atoms with Gasteiger partial charge in [0.2, 0.25) is 0 Å². The number of anilines is 1. The molecule has 0 spiro atoms. The van der Waals surface area contributed by atoms with Crippen LogP contribution in [0.15, 0.2) is 42.7 Å². The van der Waals surface area contributed by atoms with E-state index >= 15 is 0 Å². The fourth-order valence-corrected chi connectivity index (χ4v) is 3.95. The zero-order chi connectivity index (χ0) is 17.3. The molecule has 3 aromatic rings. The minimum Gasteiger partial charge on any atom is -0.371 e. The van der Waals surface area contributed by atoms with Gasteiger partial charge in [-0.25, -0.2) is 4.98 Å². The molecule has 5 nitrogen and oxygen atoms in total. The number of nitrogens with zero attached hydrogens (tertiary/aromatic N) is 3. The number of aromatic nitrogens is 3. The van der Waals surface area contributed by atoms with Crippen molar-refractivity contribution in [1.29, 1.82) is 0 Å². The molecule has 2 aromatic heterocycles. The molecule has 4 rings (SSSR count). The number of hydrogen-bond donors (Lipinski definition) is 2. The summed E-state index contributed by atoms with van der Waals surface area (Å²) in [5.41, 5.74) is 9.72. The fraction of sp³-hybridized carbons (Fsp3) is 0.368. The van der Waals surface area contributed by atoms with Gasteiger partial charge in [0.05, 0.1) is 17.3 Å².